The van der Waals surface area contributed by atoms with Crippen molar-refractivity contribution in [1.82, 2.24) is 4.90 Å². The lowest BCUT2D eigenvalue weighted by molar-refractivity contribution is -0.0338. The molecular weight excluding hydrogens is 443 g/mol. The van der Waals surface area contributed by atoms with E-state index in [1.807, 2.05) is 6.07 Å². The molecule has 0 saturated carbocycles. The summed E-state index contributed by atoms with van der Waals surface area (Å²) in [5, 5.41) is 13.8. The molecule has 2 aromatic carbocycles. The number of carbonyl (C=O) groups excluding carboxylic acids is 2. The Kier molecular flexibility index (Phi) is 7.91. The van der Waals surface area contributed by atoms with Crippen LogP contribution in [0.4, 0.5) is 25.4 Å². The van der Waals surface area contributed by atoms with Gasteiger partial charge in [0.05, 0.1) is 19.3 Å². The molecule has 0 spiro atoms. The van der Waals surface area contributed by atoms with Crippen molar-refractivity contribution in [3.63, 3.8) is 0 Å². The van der Waals surface area contributed by atoms with Gasteiger partial charge in [0.25, 0.3) is 0 Å². The summed E-state index contributed by atoms with van der Waals surface area (Å²) in [7, 11) is 0. The van der Waals surface area contributed by atoms with Crippen molar-refractivity contribution in [2.24, 2.45) is 0 Å². The van der Waals surface area contributed by atoms with Gasteiger partial charge in [-0.15, -0.1) is 0 Å². The first-order valence-electron chi connectivity index (χ1n) is 10.7. The van der Waals surface area contributed by atoms with Gasteiger partial charge in [-0.05, 0) is 45.0 Å². The third kappa shape index (κ3) is 6.83. The molecule has 1 aliphatic rings. The maximum absolute atomic E-state index is 15.0. The number of carbonyl (C=O) groups is 2. The summed E-state index contributed by atoms with van der Waals surface area (Å²) in [5.74, 6) is -0.159. The molecule has 0 unspecified atom stereocenters. The largest absolute Gasteiger partial charge is 0.479 e. The van der Waals surface area contributed by atoms with E-state index in [1.165, 1.54) is 17.0 Å². The van der Waals surface area contributed by atoms with Crippen LogP contribution >= 0.6 is 0 Å². The van der Waals surface area contributed by atoms with Gasteiger partial charge < -0.3 is 24.8 Å². The van der Waals surface area contributed by atoms with E-state index < -0.39 is 29.6 Å². The van der Waals surface area contributed by atoms with Crippen LogP contribution in [0.3, 0.4) is 0 Å². The smallest absolute Gasteiger partial charge is 0.410 e. The number of nitrogens with one attached hydrogen (secondary N) is 2. The molecule has 34 heavy (non-hydrogen) atoms. The van der Waals surface area contributed by atoms with Gasteiger partial charge >= 0.3 is 12.1 Å². The van der Waals surface area contributed by atoms with E-state index in [9.17, 15) is 9.59 Å². The molecule has 9 nitrogen and oxygen atoms in total. The van der Waals surface area contributed by atoms with Crippen LogP contribution in [0.5, 0.6) is 5.75 Å². The molecule has 1 aliphatic heterocycles. The van der Waals surface area contributed by atoms with Crippen LogP contribution < -0.4 is 15.4 Å². The Labute approximate surface area is 197 Å². The maximum atomic E-state index is 15.0. The van der Waals surface area contributed by atoms with E-state index in [4.69, 9.17) is 19.5 Å². The van der Waals surface area contributed by atoms with Gasteiger partial charge in [0.15, 0.2) is 6.61 Å². The van der Waals surface area contributed by atoms with Crippen LogP contribution in [0.2, 0.25) is 0 Å². The number of nitrogens with zero attached hydrogens (tertiary/aromatic N) is 2. The third-order valence-corrected chi connectivity index (χ3v) is 4.77. The topological polar surface area (TPSA) is 113 Å². The van der Waals surface area contributed by atoms with Crippen molar-refractivity contribution in [3.05, 3.63) is 53.8 Å². The fourth-order valence-corrected chi connectivity index (χ4v) is 3.35. The summed E-state index contributed by atoms with van der Waals surface area (Å²) >= 11 is 0. The fraction of sp³-hybridized carbons (Fsp3) is 0.375. The molecule has 10 heteroatoms. The average Bonchev–Trinajstić information content (AvgIpc) is 2.77. The molecule has 1 heterocycles. The van der Waals surface area contributed by atoms with Crippen LogP contribution in [0.15, 0.2) is 42.5 Å². The number of hydrogen-bond donors (Lipinski definition) is 2. The highest BCUT2D eigenvalue weighted by Gasteiger charge is 2.33. The highest BCUT2D eigenvalue weighted by molar-refractivity contribution is 5.99. The number of amides is 3. The first-order valence-corrected chi connectivity index (χ1v) is 10.7. The van der Waals surface area contributed by atoms with Crippen molar-refractivity contribution in [2.75, 3.05) is 37.0 Å². The zero-order valence-electron chi connectivity index (χ0n) is 19.3. The van der Waals surface area contributed by atoms with Gasteiger partial charge in [0.2, 0.25) is 0 Å². The van der Waals surface area contributed by atoms with Crippen LogP contribution in [-0.2, 0) is 9.47 Å². The van der Waals surface area contributed by atoms with E-state index in [0.717, 1.165) is 0 Å². The number of rotatable bonds is 5. The van der Waals surface area contributed by atoms with Gasteiger partial charge in [0, 0.05) is 29.5 Å². The van der Waals surface area contributed by atoms with Gasteiger partial charge in [-0.1, -0.05) is 12.1 Å². The van der Waals surface area contributed by atoms with Gasteiger partial charge in [-0.3, -0.25) is 4.90 Å². The molecule has 0 bridgehead atoms. The summed E-state index contributed by atoms with van der Waals surface area (Å²) in [4.78, 5) is 26.4. The Morgan fingerprint density at radius 3 is 2.62 bits per heavy atom. The molecule has 1 saturated heterocycles. The fourth-order valence-electron chi connectivity index (χ4n) is 3.35. The number of halogens is 1. The monoisotopic (exact) mass is 470 g/mol. The predicted molar refractivity (Wildman–Crippen MR) is 123 cm³/mol. The second-order valence-corrected chi connectivity index (χ2v) is 8.55. The van der Waals surface area contributed by atoms with Crippen molar-refractivity contribution in [2.45, 2.75) is 32.4 Å². The lowest BCUT2D eigenvalue weighted by Gasteiger charge is -2.37. The van der Waals surface area contributed by atoms with Crippen LogP contribution in [0.25, 0.3) is 0 Å². The minimum Gasteiger partial charge on any atom is -0.479 e. The first-order chi connectivity index (χ1) is 16.2. The van der Waals surface area contributed by atoms with E-state index in [2.05, 4.69) is 10.6 Å². The molecule has 3 amide bonds. The maximum Gasteiger partial charge on any atom is 0.410 e. The Hall–Kier alpha value is -3.84. The molecule has 0 radical (unpaired) electrons. The lowest BCUT2D eigenvalue weighted by Crippen LogP contribution is -2.46. The predicted octanol–water partition coefficient (Wildman–Crippen LogP) is 4.68. The van der Waals surface area contributed by atoms with Crippen molar-refractivity contribution >= 4 is 23.5 Å². The van der Waals surface area contributed by atoms with Gasteiger partial charge in [-0.25, -0.2) is 14.0 Å². The van der Waals surface area contributed by atoms with Crippen LogP contribution in [0, 0.1) is 17.1 Å². The summed E-state index contributed by atoms with van der Waals surface area (Å²) in [6.45, 7) is 5.93. The molecule has 0 aliphatic carbocycles. The lowest BCUT2D eigenvalue weighted by atomic mass is 10.0. The third-order valence-electron chi connectivity index (χ3n) is 4.77. The van der Waals surface area contributed by atoms with Crippen LogP contribution in [0.1, 0.15) is 32.4 Å². The molecule has 0 aromatic heterocycles. The first kappa shape index (κ1) is 24.8. The number of urea groups is 1. The summed E-state index contributed by atoms with van der Waals surface area (Å²) < 4.78 is 31.1. The number of ether oxygens (including phenoxy) is 3. The number of nitriles is 1. The molecular formula is C24H27FN4O5. The quantitative estimate of drug-likeness (QED) is 0.656. The van der Waals surface area contributed by atoms with Gasteiger partial charge in [0.1, 0.15) is 23.2 Å². The second-order valence-electron chi connectivity index (χ2n) is 8.55. The molecule has 3 rings (SSSR count). The zero-order valence-corrected chi connectivity index (χ0v) is 19.3. The summed E-state index contributed by atoms with van der Waals surface area (Å²) in [5.41, 5.74) is 0.258. The van der Waals surface area contributed by atoms with E-state index >= 15 is 4.39 Å². The Bertz CT molecular complexity index is 1080. The van der Waals surface area contributed by atoms with E-state index in [-0.39, 0.29) is 31.0 Å². The zero-order chi connectivity index (χ0) is 24.7. The Balaban J connectivity index is 1.68. The normalized spacial score (nSPS) is 15.7. The number of benzene rings is 2. The molecule has 2 N–H and O–H groups in total. The number of hydrogen-bond acceptors (Lipinski definition) is 6. The summed E-state index contributed by atoms with van der Waals surface area (Å²) in [6.07, 6.45) is -0.539. The standard InChI is InChI=1S/C24H27FN4O5/c1-24(2,3)34-23(31)29-10-12-32-15-21(29)19-8-7-17(14-20(19)25)28-22(30)27-16-5-4-6-18(13-16)33-11-9-26/h4-8,13-14,21H,10-12,15H2,1-3H3,(H2,27,28,30)/t21-/m1/s1. The van der Waals surface area contributed by atoms with Crippen LogP contribution in [-0.4, -0.2) is 49.0 Å². The highest BCUT2D eigenvalue weighted by Crippen LogP contribution is 2.29. The molecule has 1 atom stereocenters. The summed E-state index contributed by atoms with van der Waals surface area (Å²) in [6, 6.07) is 11.4. The minimum absolute atomic E-state index is 0.112. The molecule has 2 aromatic rings. The highest BCUT2D eigenvalue weighted by atomic mass is 19.1. The SMILES string of the molecule is CC(C)(C)OC(=O)N1CCOC[C@@H]1c1ccc(NC(=O)Nc2cccc(OCC#N)c2)cc1F. The van der Waals surface area contributed by atoms with E-state index in [1.54, 1.807) is 51.1 Å². The molecule has 180 valence electrons. The average molecular weight is 471 g/mol. The second kappa shape index (κ2) is 10.9. The van der Waals surface area contributed by atoms with Crippen molar-refractivity contribution < 1.29 is 28.2 Å². The van der Waals surface area contributed by atoms with Crippen molar-refractivity contribution in [3.8, 4) is 11.8 Å². The molecule has 1 fully saturated rings. The van der Waals surface area contributed by atoms with E-state index in [0.29, 0.717) is 18.0 Å². The number of anilines is 2. The van der Waals surface area contributed by atoms with Gasteiger partial charge in [-0.2, -0.15) is 5.26 Å². The Morgan fingerprint density at radius 1 is 1.21 bits per heavy atom. The number of morpholine rings is 1. The minimum atomic E-state index is -0.680. The van der Waals surface area contributed by atoms with Crippen molar-refractivity contribution in [1.29, 1.82) is 5.26 Å². The Morgan fingerprint density at radius 2 is 1.94 bits per heavy atom.